The molecule has 4 rings (SSSR count). The molecular weight excluding hydrogens is 354 g/mol. The maximum absolute atomic E-state index is 12.5. The molecule has 6 nitrogen and oxygen atoms in total. The lowest BCUT2D eigenvalue weighted by Crippen LogP contribution is -2.22. The van der Waals surface area contributed by atoms with Gasteiger partial charge in [-0.15, -0.1) is 0 Å². The highest BCUT2D eigenvalue weighted by atomic mass is 16.3. The second-order valence-electron chi connectivity index (χ2n) is 6.35. The largest absolute Gasteiger partial charge is 0.508 e. The minimum Gasteiger partial charge on any atom is -0.508 e. The van der Waals surface area contributed by atoms with E-state index in [1.165, 1.54) is 12.1 Å². The first-order valence-corrected chi connectivity index (χ1v) is 8.75. The van der Waals surface area contributed by atoms with Crippen LogP contribution in [0.15, 0.2) is 79.1 Å². The van der Waals surface area contributed by atoms with E-state index in [1.54, 1.807) is 34.9 Å². The van der Waals surface area contributed by atoms with Crippen LogP contribution in [0.2, 0.25) is 0 Å². The van der Waals surface area contributed by atoms with E-state index in [0.29, 0.717) is 29.0 Å². The Hall–Kier alpha value is -3.93. The van der Waals surface area contributed by atoms with Gasteiger partial charge in [0.05, 0.1) is 0 Å². The Morgan fingerprint density at radius 1 is 0.964 bits per heavy atom. The van der Waals surface area contributed by atoms with E-state index in [1.807, 2.05) is 36.5 Å². The number of benzene rings is 2. The number of ketones is 1. The monoisotopic (exact) mass is 371 g/mol. The van der Waals surface area contributed by atoms with Crippen LogP contribution in [0.4, 0.5) is 0 Å². The molecule has 2 N–H and O–H groups in total. The van der Waals surface area contributed by atoms with Crippen molar-refractivity contribution in [1.29, 1.82) is 0 Å². The topological polar surface area (TPSA) is 83.7 Å². The molecule has 0 saturated heterocycles. The molecule has 138 valence electrons. The average molecular weight is 371 g/mol. The number of aromatic nitrogens is 2. The van der Waals surface area contributed by atoms with E-state index >= 15 is 0 Å². The van der Waals surface area contributed by atoms with E-state index in [2.05, 4.69) is 10.3 Å². The van der Waals surface area contributed by atoms with Crippen molar-refractivity contribution in [2.24, 2.45) is 0 Å². The summed E-state index contributed by atoms with van der Waals surface area (Å²) in [6.07, 6.45) is 3.51. The third-order valence-electron chi connectivity index (χ3n) is 4.38. The Morgan fingerprint density at radius 3 is 2.46 bits per heavy atom. The van der Waals surface area contributed by atoms with Gasteiger partial charge >= 0.3 is 0 Å². The summed E-state index contributed by atoms with van der Waals surface area (Å²) in [5, 5.41) is 12.1. The van der Waals surface area contributed by atoms with Gasteiger partial charge in [0.2, 0.25) is 5.78 Å². The molecule has 4 aromatic rings. The summed E-state index contributed by atoms with van der Waals surface area (Å²) in [4.78, 5) is 29.1. The van der Waals surface area contributed by atoms with Gasteiger partial charge in [-0.3, -0.25) is 9.59 Å². The second kappa shape index (κ2) is 7.36. The number of carbonyl (C=O) groups excluding carboxylic acids is 2. The summed E-state index contributed by atoms with van der Waals surface area (Å²) in [5.41, 5.74) is 2.93. The Balaban J connectivity index is 1.49. The summed E-state index contributed by atoms with van der Waals surface area (Å²) in [6.45, 7) is 0.324. The van der Waals surface area contributed by atoms with Gasteiger partial charge in [-0.05, 0) is 42.0 Å². The van der Waals surface area contributed by atoms with E-state index in [0.717, 1.165) is 5.56 Å². The van der Waals surface area contributed by atoms with Crippen LogP contribution < -0.4 is 5.32 Å². The van der Waals surface area contributed by atoms with Gasteiger partial charge < -0.3 is 14.8 Å². The minimum atomic E-state index is -0.233. The lowest BCUT2D eigenvalue weighted by atomic mass is 10.1. The maximum Gasteiger partial charge on any atom is 0.251 e. The van der Waals surface area contributed by atoms with Crippen molar-refractivity contribution in [3.8, 4) is 5.75 Å². The molecule has 0 aliphatic heterocycles. The third-order valence-corrected chi connectivity index (χ3v) is 4.38. The SMILES string of the molecule is O=C(NCc1ccn2cc(C(=O)c3ccccc3)nc2c1)c1ccc(O)cc1. The van der Waals surface area contributed by atoms with Crippen LogP contribution in [0.25, 0.3) is 5.65 Å². The molecule has 0 unspecified atom stereocenters. The molecule has 0 saturated carbocycles. The lowest BCUT2D eigenvalue weighted by Gasteiger charge is -2.06. The molecule has 0 aliphatic rings. The molecule has 28 heavy (non-hydrogen) atoms. The molecule has 2 heterocycles. The quantitative estimate of drug-likeness (QED) is 0.528. The summed E-state index contributed by atoms with van der Waals surface area (Å²) < 4.78 is 1.78. The summed E-state index contributed by atoms with van der Waals surface area (Å²) in [6, 6.07) is 18.8. The minimum absolute atomic E-state index is 0.113. The number of amides is 1. The molecule has 0 aliphatic carbocycles. The summed E-state index contributed by atoms with van der Waals surface area (Å²) >= 11 is 0. The fraction of sp³-hybridized carbons (Fsp3) is 0.0455. The molecule has 0 spiro atoms. The zero-order chi connectivity index (χ0) is 19.5. The highest BCUT2D eigenvalue weighted by molar-refractivity contribution is 6.07. The van der Waals surface area contributed by atoms with Crippen LogP contribution in [-0.2, 0) is 6.54 Å². The first-order valence-electron chi connectivity index (χ1n) is 8.75. The highest BCUT2D eigenvalue weighted by Crippen LogP contribution is 2.13. The molecule has 0 fully saturated rings. The highest BCUT2D eigenvalue weighted by Gasteiger charge is 2.13. The third kappa shape index (κ3) is 3.61. The number of imidazole rings is 1. The van der Waals surface area contributed by atoms with Gasteiger partial charge in [-0.25, -0.2) is 4.98 Å². The summed E-state index contributed by atoms with van der Waals surface area (Å²) in [7, 11) is 0. The first kappa shape index (κ1) is 17.5. The number of phenols is 1. The predicted octanol–water partition coefficient (Wildman–Crippen LogP) is 3.20. The molecular formula is C22H17N3O3. The lowest BCUT2D eigenvalue weighted by molar-refractivity contribution is 0.0950. The number of rotatable bonds is 5. The normalized spacial score (nSPS) is 10.7. The van der Waals surface area contributed by atoms with Crippen molar-refractivity contribution in [2.45, 2.75) is 6.54 Å². The van der Waals surface area contributed by atoms with Crippen molar-refractivity contribution in [3.63, 3.8) is 0 Å². The number of nitrogens with zero attached hydrogens (tertiary/aromatic N) is 2. The molecule has 2 aromatic heterocycles. The number of phenolic OH excluding ortho intramolecular Hbond substituents is 1. The van der Waals surface area contributed by atoms with Crippen LogP contribution in [0.1, 0.15) is 32.0 Å². The van der Waals surface area contributed by atoms with Gasteiger partial charge in [0, 0.05) is 30.1 Å². The van der Waals surface area contributed by atoms with E-state index in [-0.39, 0.29) is 17.4 Å². The Kier molecular flexibility index (Phi) is 4.60. The predicted molar refractivity (Wildman–Crippen MR) is 104 cm³/mol. The van der Waals surface area contributed by atoms with Gasteiger partial charge in [-0.2, -0.15) is 0 Å². The van der Waals surface area contributed by atoms with Gasteiger partial charge in [-0.1, -0.05) is 30.3 Å². The molecule has 6 heteroatoms. The fourth-order valence-corrected chi connectivity index (χ4v) is 2.88. The maximum atomic E-state index is 12.5. The number of pyridine rings is 1. The standard InChI is InChI=1S/C22H17N3O3/c26-18-8-6-17(7-9-18)22(28)23-13-15-10-11-25-14-19(24-20(25)12-15)21(27)16-4-2-1-3-5-16/h1-12,14,26H,13H2,(H,23,28). The zero-order valence-electron chi connectivity index (χ0n) is 14.9. The van der Waals surface area contributed by atoms with Gasteiger partial charge in [0.1, 0.15) is 17.1 Å². The Labute approximate surface area is 161 Å². The first-order chi connectivity index (χ1) is 13.6. The van der Waals surface area contributed by atoms with Crippen LogP contribution >= 0.6 is 0 Å². The molecule has 2 aromatic carbocycles. The fourth-order valence-electron chi connectivity index (χ4n) is 2.88. The number of nitrogens with one attached hydrogen (secondary N) is 1. The van der Waals surface area contributed by atoms with Crippen LogP contribution in [0.3, 0.4) is 0 Å². The average Bonchev–Trinajstić information content (AvgIpc) is 3.16. The molecule has 0 radical (unpaired) electrons. The van der Waals surface area contributed by atoms with Crippen molar-refractivity contribution in [2.75, 3.05) is 0 Å². The summed E-state index contributed by atoms with van der Waals surface area (Å²) in [5.74, 6) is -0.253. The zero-order valence-corrected chi connectivity index (χ0v) is 14.9. The van der Waals surface area contributed by atoms with E-state index < -0.39 is 0 Å². The number of carbonyl (C=O) groups is 2. The molecule has 1 amide bonds. The number of aromatic hydroxyl groups is 1. The van der Waals surface area contributed by atoms with Crippen molar-refractivity contribution in [1.82, 2.24) is 14.7 Å². The van der Waals surface area contributed by atoms with Crippen molar-refractivity contribution >= 4 is 17.3 Å². The Morgan fingerprint density at radius 2 is 1.71 bits per heavy atom. The molecule has 0 bridgehead atoms. The van der Waals surface area contributed by atoms with E-state index in [4.69, 9.17) is 0 Å². The number of hydrogen-bond acceptors (Lipinski definition) is 4. The number of hydrogen-bond donors (Lipinski definition) is 2. The van der Waals surface area contributed by atoms with Gasteiger partial charge in [0.15, 0.2) is 0 Å². The van der Waals surface area contributed by atoms with Crippen LogP contribution in [0, 0.1) is 0 Å². The smallest absolute Gasteiger partial charge is 0.251 e. The second-order valence-corrected chi connectivity index (χ2v) is 6.35. The van der Waals surface area contributed by atoms with Crippen molar-refractivity contribution in [3.05, 3.63) is 102 Å². The van der Waals surface area contributed by atoms with Crippen molar-refractivity contribution < 1.29 is 14.7 Å². The Bertz CT molecular complexity index is 1150. The van der Waals surface area contributed by atoms with Crippen LogP contribution in [-0.4, -0.2) is 26.2 Å². The van der Waals surface area contributed by atoms with E-state index in [9.17, 15) is 14.7 Å². The molecule has 0 atom stereocenters. The van der Waals surface area contributed by atoms with Crippen LogP contribution in [0.5, 0.6) is 5.75 Å². The van der Waals surface area contributed by atoms with Gasteiger partial charge in [0.25, 0.3) is 5.91 Å². The number of fused-ring (bicyclic) bond motifs is 1.